The Morgan fingerprint density at radius 3 is 2.40 bits per heavy atom. The van der Waals surface area contributed by atoms with Crippen LogP contribution >= 0.6 is 0 Å². The van der Waals surface area contributed by atoms with Gasteiger partial charge in [0.25, 0.3) is 0 Å². The van der Waals surface area contributed by atoms with Gasteiger partial charge in [0.15, 0.2) is 11.4 Å². The van der Waals surface area contributed by atoms with Crippen LogP contribution in [-0.2, 0) is 0 Å². The maximum absolute atomic E-state index is 8.76. The number of rotatable bonds is 0. The Morgan fingerprint density at radius 2 is 1.73 bits per heavy atom. The summed E-state index contributed by atoms with van der Waals surface area (Å²) >= 11 is 0. The quantitative estimate of drug-likeness (QED) is 0.631. The number of nitrogens with zero attached hydrogens (tertiary/aromatic N) is 4. The molecule has 0 saturated carbocycles. The third-order valence-electron chi connectivity index (χ3n) is 1.94. The van der Waals surface area contributed by atoms with Crippen LogP contribution in [0.25, 0.3) is 11.0 Å². The summed E-state index contributed by atoms with van der Waals surface area (Å²) in [4.78, 5) is 7.99. The van der Waals surface area contributed by atoms with Gasteiger partial charge in [0, 0.05) is 0 Å². The van der Waals surface area contributed by atoms with Gasteiger partial charge in [0.05, 0.1) is 11.2 Å². The van der Waals surface area contributed by atoms with E-state index in [-0.39, 0.29) is 11.4 Å². The molecule has 0 fully saturated rings. The Kier molecular flexibility index (Phi) is 1.93. The third kappa shape index (κ3) is 1.32. The first-order chi connectivity index (χ1) is 7.26. The maximum Gasteiger partial charge on any atom is 0.177 e. The predicted octanol–water partition coefficient (Wildman–Crippen LogP) is 0.955. The van der Waals surface area contributed by atoms with Gasteiger partial charge in [0.2, 0.25) is 0 Å². The van der Waals surface area contributed by atoms with Gasteiger partial charge < -0.3 is 5.73 Å². The third-order valence-corrected chi connectivity index (χ3v) is 1.94. The Hall–Kier alpha value is -2.66. The molecule has 0 amide bonds. The average Bonchev–Trinajstić information content (AvgIpc) is 2.28. The van der Waals surface area contributed by atoms with Gasteiger partial charge in [0.1, 0.15) is 17.7 Å². The molecule has 15 heavy (non-hydrogen) atoms. The van der Waals surface area contributed by atoms with Crippen LogP contribution in [0.4, 0.5) is 5.69 Å². The summed E-state index contributed by atoms with van der Waals surface area (Å²) < 4.78 is 0. The number of hydrogen-bond acceptors (Lipinski definition) is 5. The van der Waals surface area contributed by atoms with Crippen molar-refractivity contribution in [2.75, 3.05) is 5.73 Å². The van der Waals surface area contributed by atoms with E-state index in [0.717, 1.165) is 0 Å². The molecule has 5 nitrogen and oxygen atoms in total. The first kappa shape index (κ1) is 8.92. The van der Waals surface area contributed by atoms with Gasteiger partial charge >= 0.3 is 0 Å². The summed E-state index contributed by atoms with van der Waals surface area (Å²) in [6, 6.07) is 8.72. The number of aromatic nitrogens is 2. The fourth-order valence-corrected chi connectivity index (χ4v) is 1.25. The zero-order valence-corrected chi connectivity index (χ0v) is 7.60. The monoisotopic (exact) mass is 195 g/mol. The second kappa shape index (κ2) is 3.24. The lowest BCUT2D eigenvalue weighted by Crippen LogP contribution is -1.98. The second-order valence-corrected chi connectivity index (χ2v) is 2.86. The molecule has 1 aromatic heterocycles. The van der Waals surface area contributed by atoms with Crippen molar-refractivity contribution in [2.45, 2.75) is 0 Å². The van der Waals surface area contributed by atoms with Gasteiger partial charge in [-0.15, -0.1) is 0 Å². The normalized spacial score (nSPS) is 9.47. The van der Waals surface area contributed by atoms with E-state index in [4.69, 9.17) is 16.3 Å². The van der Waals surface area contributed by atoms with Crippen molar-refractivity contribution in [3.05, 3.63) is 29.6 Å². The van der Waals surface area contributed by atoms with Crippen LogP contribution in [0.3, 0.4) is 0 Å². The van der Waals surface area contributed by atoms with Crippen LogP contribution in [0.15, 0.2) is 18.2 Å². The zero-order chi connectivity index (χ0) is 10.8. The fraction of sp³-hybridized carbons (Fsp3) is 0. The van der Waals surface area contributed by atoms with E-state index in [1.54, 1.807) is 18.2 Å². The van der Waals surface area contributed by atoms with E-state index < -0.39 is 0 Å². The van der Waals surface area contributed by atoms with E-state index in [1.807, 2.05) is 12.1 Å². The van der Waals surface area contributed by atoms with Crippen LogP contribution in [-0.4, -0.2) is 9.97 Å². The predicted molar refractivity (Wildman–Crippen MR) is 53.4 cm³/mol. The largest absolute Gasteiger partial charge is 0.397 e. The van der Waals surface area contributed by atoms with E-state index in [0.29, 0.717) is 16.7 Å². The van der Waals surface area contributed by atoms with Gasteiger partial charge in [-0.1, -0.05) is 6.07 Å². The molecule has 0 atom stereocenters. The smallest absolute Gasteiger partial charge is 0.177 e. The summed E-state index contributed by atoms with van der Waals surface area (Å²) in [6.45, 7) is 0. The number of para-hydroxylation sites is 1. The molecule has 0 aliphatic heterocycles. The van der Waals surface area contributed by atoms with Crippen molar-refractivity contribution in [1.82, 2.24) is 9.97 Å². The van der Waals surface area contributed by atoms with Crippen LogP contribution in [0.5, 0.6) is 0 Å². The first-order valence-corrected chi connectivity index (χ1v) is 4.12. The van der Waals surface area contributed by atoms with Crippen molar-refractivity contribution < 1.29 is 0 Å². The molecule has 1 heterocycles. The number of hydrogen-bond donors (Lipinski definition) is 1. The second-order valence-electron chi connectivity index (χ2n) is 2.86. The topological polar surface area (TPSA) is 99.4 Å². The van der Waals surface area contributed by atoms with Crippen LogP contribution in [0.1, 0.15) is 11.4 Å². The minimum Gasteiger partial charge on any atom is -0.397 e. The van der Waals surface area contributed by atoms with E-state index in [9.17, 15) is 0 Å². The van der Waals surface area contributed by atoms with Crippen molar-refractivity contribution in [3.8, 4) is 12.1 Å². The molecule has 5 heteroatoms. The molecule has 0 radical (unpaired) electrons. The summed E-state index contributed by atoms with van der Waals surface area (Å²) in [6.07, 6.45) is 0. The molecular formula is C10H5N5. The summed E-state index contributed by atoms with van der Waals surface area (Å²) in [5.74, 6) is 0. The molecule has 0 saturated heterocycles. The highest BCUT2D eigenvalue weighted by Gasteiger charge is 2.08. The Balaban J connectivity index is 2.90. The molecular weight excluding hydrogens is 190 g/mol. The lowest BCUT2D eigenvalue weighted by Gasteiger charge is -2.01. The molecule has 2 rings (SSSR count). The van der Waals surface area contributed by atoms with E-state index in [1.165, 1.54) is 0 Å². The minimum atomic E-state index is 0.00269. The molecule has 70 valence electrons. The lowest BCUT2D eigenvalue weighted by atomic mass is 10.2. The number of nitrogen functional groups attached to an aromatic ring is 1. The molecule has 0 aliphatic rings. The highest BCUT2D eigenvalue weighted by Crippen LogP contribution is 2.18. The standard InChI is InChI=1S/C10H5N5/c11-4-8-9(5-12)15-10-6(13)2-1-3-7(10)14-8/h1-3H,13H2. The average molecular weight is 195 g/mol. The minimum absolute atomic E-state index is 0.00269. The molecule has 0 aliphatic carbocycles. The van der Waals surface area contributed by atoms with Gasteiger partial charge in [-0.05, 0) is 12.1 Å². The van der Waals surface area contributed by atoms with Crippen molar-refractivity contribution in [3.63, 3.8) is 0 Å². The first-order valence-electron chi connectivity index (χ1n) is 4.12. The number of nitriles is 2. The van der Waals surface area contributed by atoms with Gasteiger partial charge in [-0.25, -0.2) is 9.97 Å². The zero-order valence-electron chi connectivity index (χ0n) is 7.60. The van der Waals surface area contributed by atoms with Crippen LogP contribution < -0.4 is 5.73 Å². The molecule has 2 N–H and O–H groups in total. The fourth-order valence-electron chi connectivity index (χ4n) is 1.25. The highest BCUT2D eigenvalue weighted by molar-refractivity contribution is 5.86. The van der Waals surface area contributed by atoms with E-state index in [2.05, 4.69) is 9.97 Å². The highest BCUT2D eigenvalue weighted by atomic mass is 14.8. The van der Waals surface area contributed by atoms with Gasteiger partial charge in [-0.3, -0.25) is 0 Å². The number of anilines is 1. The molecule has 2 aromatic rings. The van der Waals surface area contributed by atoms with Crippen LogP contribution in [0, 0.1) is 22.7 Å². The number of fused-ring (bicyclic) bond motifs is 1. The Bertz CT molecular complexity index is 618. The van der Waals surface area contributed by atoms with Crippen molar-refractivity contribution in [1.29, 1.82) is 10.5 Å². The van der Waals surface area contributed by atoms with Crippen LogP contribution in [0.2, 0.25) is 0 Å². The Morgan fingerprint density at radius 1 is 1.07 bits per heavy atom. The van der Waals surface area contributed by atoms with Crippen molar-refractivity contribution >= 4 is 16.7 Å². The Labute approximate surface area is 85.4 Å². The molecule has 1 aromatic carbocycles. The summed E-state index contributed by atoms with van der Waals surface area (Å²) in [5.41, 5.74) is 7.12. The SMILES string of the molecule is N#Cc1nc2cccc(N)c2nc1C#N. The lowest BCUT2D eigenvalue weighted by molar-refractivity contribution is 1.20. The maximum atomic E-state index is 8.76. The summed E-state index contributed by atoms with van der Waals surface area (Å²) in [5, 5.41) is 17.5. The molecule has 0 bridgehead atoms. The van der Waals surface area contributed by atoms with Gasteiger partial charge in [-0.2, -0.15) is 10.5 Å². The molecule has 0 unspecified atom stereocenters. The number of benzene rings is 1. The number of nitrogens with two attached hydrogens (primary N) is 1. The van der Waals surface area contributed by atoms with E-state index >= 15 is 0 Å². The molecule has 0 spiro atoms. The summed E-state index contributed by atoms with van der Waals surface area (Å²) in [7, 11) is 0. The van der Waals surface area contributed by atoms with Crippen molar-refractivity contribution in [2.24, 2.45) is 0 Å².